The van der Waals surface area contributed by atoms with Gasteiger partial charge in [0.05, 0.1) is 32.4 Å². The van der Waals surface area contributed by atoms with Crippen molar-refractivity contribution in [2.75, 3.05) is 41.0 Å². The van der Waals surface area contributed by atoms with Gasteiger partial charge in [-0.15, -0.1) is 0 Å². The molecule has 1 amide bonds. The van der Waals surface area contributed by atoms with Crippen molar-refractivity contribution in [3.63, 3.8) is 0 Å². The number of methoxy groups -OCH3 is 3. The van der Waals surface area contributed by atoms with Crippen molar-refractivity contribution in [2.24, 2.45) is 0 Å². The zero-order valence-electron chi connectivity index (χ0n) is 21.2. The van der Waals surface area contributed by atoms with Crippen LogP contribution in [0.1, 0.15) is 43.9 Å². The van der Waals surface area contributed by atoms with Gasteiger partial charge in [-0.2, -0.15) is 0 Å². The van der Waals surface area contributed by atoms with Crippen molar-refractivity contribution in [1.29, 1.82) is 0 Å². The lowest BCUT2D eigenvalue weighted by Crippen LogP contribution is -2.36. The summed E-state index contributed by atoms with van der Waals surface area (Å²) in [5.41, 5.74) is 1.82. The summed E-state index contributed by atoms with van der Waals surface area (Å²) in [5.74, 6) is 0.907. The molecule has 194 valence electrons. The number of nitrogens with one attached hydrogen (secondary N) is 3. The second-order valence-electron chi connectivity index (χ2n) is 8.38. The largest absolute Gasteiger partial charge is 0.493 e. The van der Waals surface area contributed by atoms with E-state index in [2.05, 4.69) is 31.5 Å². The van der Waals surface area contributed by atoms with Crippen LogP contribution < -0.4 is 24.8 Å². The smallest absolute Gasteiger partial charge is 0.407 e. The van der Waals surface area contributed by atoms with Gasteiger partial charge in [0.25, 0.3) is 0 Å². The lowest BCUT2D eigenvalue weighted by molar-refractivity contribution is 0.0511. The van der Waals surface area contributed by atoms with Crippen LogP contribution in [0.15, 0.2) is 16.6 Å². The molecule has 35 heavy (non-hydrogen) atoms. The summed E-state index contributed by atoms with van der Waals surface area (Å²) < 4.78 is 27.6. The molecule has 0 fully saturated rings. The fraction of sp³-hybridized carbons (Fsp3) is 0.500. The molecule has 0 spiro atoms. The van der Waals surface area contributed by atoms with Gasteiger partial charge in [-0.1, -0.05) is 0 Å². The SMILES string of the molecule is CCOC(=O)c1[nH]c(CNCCNC(=O)OC(C)(C)C)c(-c2ccc(OC)c(OC)c2OC)c1Br. The van der Waals surface area contributed by atoms with Gasteiger partial charge < -0.3 is 39.3 Å². The quantitative estimate of drug-likeness (QED) is 0.278. The predicted octanol–water partition coefficient (Wildman–Crippen LogP) is 4.26. The highest BCUT2D eigenvalue weighted by Gasteiger charge is 2.27. The molecule has 0 unspecified atom stereocenters. The molecule has 0 radical (unpaired) electrons. The number of hydrogen-bond acceptors (Lipinski definition) is 8. The van der Waals surface area contributed by atoms with Crippen LogP contribution in [-0.4, -0.2) is 63.7 Å². The molecular formula is C24H34BrN3O7. The van der Waals surface area contributed by atoms with E-state index < -0.39 is 17.7 Å². The number of benzene rings is 1. The van der Waals surface area contributed by atoms with Crippen molar-refractivity contribution < 1.29 is 33.3 Å². The van der Waals surface area contributed by atoms with E-state index in [9.17, 15) is 9.59 Å². The van der Waals surface area contributed by atoms with Crippen LogP contribution in [0.3, 0.4) is 0 Å². The molecule has 0 saturated carbocycles. The third kappa shape index (κ3) is 7.28. The van der Waals surface area contributed by atoms with Crippen LogP contribution in [0.4, 0.5) is 4.79 Å². The first-order chi connectivity index (χ1) is 16.6. The second kappa shape index (κ2) is 12.7. The minimum absolute atomic E-state index is 0.239. The normalized spacial score (nSPS) is 11.1. The summed E-state index contributed by atoms with van der Waals surface area (Å²) >= 11 is 3.56. The molecule has 3 N–H and O–H groups in total. The second-order valence-corrected chi connectivity index (χ2v) is 9.17. The first kappa shape index (κ1) is 28.3. The van der Waals surface area contributed by atoms with Crippen LogP contribution in [0, 0.1) is 0 Å². The topological polar surface area (TPSA) is 120 Å². The molecule has 0 atom stereocenters. The Morgan fingerprint density at radius 1 is 1.03 bits per heavy atom. The Bertz CT molecular complexity index is 1030. The standard InChI is InChI=1S/C24H34BrN3O7/c1-8-34-22(29)19-18(25)17(14-9-10-16(31-5)21(33-7)20(14)32-6)15(28-19)13-26-11-12-27-23(30)35-24(2,3)4/h9-10,26,28H,8,11-13H2,1-7H3,(H,27,30). The van der Waals surface area contributed by atoms with E-state index in [1.165, 1.54) is 14.2 Å². The van der Waals surface area contributed by atoms with Gasteiger partial charge in [-0.3, -0.25) is 0 Å². The van der Waals surface area contributed by atoms with E-state index in [4.69, 9.17) is 23.7 Å². The van der Waals surface area contributed by atoms with Crippen LogP contribution in [0.2, 0.25) is 0 Å². The van der Waals surface area contributed by atoms with Gasteiger partial charge in [0.15, 0.2) is 11.5 Å². The Labute approximate surface area is 214 Å². The van der Waals surface area contributed by atoms with Crippen molar-refractivity contribution in [1.82, 2.24) is 15.6 Å². The first-order valence-electron chi connectivity index (χ1n) is 11.1. The van der Waals surface area contributed by atoms with E-state index in [-0.39, 0.29) is 12.3 Å². The highest BCUT2D eigenvalue weighted by Crippen LogP contribution is 2.47. The minimum atomic E-state index is -0.565. The van der Waals surface area contributed by atoms with E-state index >= 15 is 0 Å². The van der Waals surface area contributed by atoms with Crippen molar-refractivity contribution in [2.45, 2.75) is 39.8 Å². The number of rotatable bonds is 11. The number of carbonyl (C=O) groups excluding carboxylic acids is 2. The summed E-state index contributed by atoms with van der Waals surface area (Å²) in [4.78, 5) is 27.6. The Kier molecular flexibility index (Phi) is 10.3. The number of halogens is 1. The fourth-order valence-corrected chi connectivity index (χ4v) is 4.08. The van der Waals surface area contributed by atoms with Gasteiger partial charge in [0, 0.05) is 36.5 Å². The molecule has 2 aromatic rings. The Hall–Kier alpha value is -2.92. The van der Waals surface area contributed by atoms with E-state index in [1.54, 1.807) is 40.9 Å². The number of aromatic nitrogens is 1. The highest BCUT2D eigenvalue weighted by molar-refractivity contribution is 9.10. The molecular weight excluding hydrogens is 522 g/mol. The summed E-state index contributed by atoms with van der Waals surface area (Å²) in [6.45, 7) is 8.58. The third-order valence-electron chi connectivity index (χ3n) is 4.74. The minimum Gasteiger partial charge on any atom is -0.493 e. The third-order valence-corrected chi connectivity index (χ3v) is 5.53. The van der Waals surface area contributed by atoms with E-state index in [1.807, 2.05) is 6.07 Å². The monoisotopic (exact) mass is 555 g/mol. The molecule has 0 aliphatic carbocycles. The average Bonchev–Trinajstić information content (AvgIpc) is 3.12. The van der Waals surface area contributed by atoms with Crippen molar-refractivity contribution >= 4 is 28.0 Å². The first-order valence-corrected chi connectivity index (χ1v) is 11.9. The lowest BCUT2D eigenvalue weighted by atomic mass is 10.0. The fourth-order valence-electron chi connectivity index (χ4n) is 3.36. The number of alkyl carbamates (subject to hydrolysis) is 1. The van der Waals surface area contributed by atoms with Gasteiger partial charge in [-0.25, -0.2) is 9.59 Å². The number of ether oxygens (including phenoxy) is 5. The average molecular weight is 556 g/mol. The van der Waals surface area contributed by atoms with Gasteiger partial charge in [-0.05, 0) is 55.8 Å². The molecule has 2 rings (SSSR count). The molecule has 0 bridgehead atoms. The molecule has 0 aliphatic heterocycles. The molecule has 11 heteroatoms. The van der Waals surface area contributed by atoms with Crippen LogP contribution in [-0.2, 0) is 16.0 Å². The lowest BCUT2D eigenvalue weighted by Gasteiger charge is -2.19. The van der Waals surface area contributed by atoms with Crippen LogP contribution in [0.25, 0.3) is 11.1 Å². The number of hydrogen-bond donors (Lipinski definition) is 3. The number of H-pyrrole nitrogens is 1. The Morgan fingerprint density at radius 3 is 2.29 bits per heavy atom. The maximum Gasteiger partial charge on any atom is 0.407 e. The zero-order chi connectivity index (χ0) is 26.2. The Morgan fingerprint density at radius 2 is 1.71 bits per heavy atom. The summed E-state index contributed by atoms with van der Waals surface area (Å²) in [6.07, 6.45) is -0.484. The number of carbonyl (C=O) groups is 2. The van der Waals surface area contributed by atoms with Crippen molar-refractivity contribution in [3.8, 4) is 28.4 Å². The van der Waals surface area contributed by atoms with Gasteiger partial charge >= 0.3 is 12.1 Å². The Balaban J connectivity index is 2.33. The van der Waals surface area contributed by atoms with Crippen LogP contribution in [0.5, 0.6) is 17.2 Å². The maximum atomic E-state index is 12.6. The summed E-state index contributed by atoms with van der Waals surface area (Å²) in [5, 5.41) is 5.96. The number of esters is 1. The zero-order valence-corrected chi connectivity index (χ0v) is 22.8. The summed E-state index contributed by atoms with van der Waals surface area (Å²) in [7, 11) is 4.61. The molecule has 10 nitrogen and oxygen atoms in total. The van der Waals surface area contributed by atoms with E-state index in [0.29, 0.717) is 58.2 Å². The van der Waals surface area contributed by atoms with Gasteiger partial charge in [0.2, 0.25) is 5.75 Å². The molecule has 0 aliphatic rings. The molecule has 0 saturated heterocycles. The molecule has 1 aromatic carbocycles. The highest BCUT2D eigenvalue weighted by atomic mass is 79.9. The maximum absolute atomic E-state index is 12.6. The number of amides is 1. The summed E-state index contributed by atoms with van der Waals surface area (Å²) in [6, 6.07) is 3.60. The number of aromatic amines is 1. The molecule has 1 aromatic heterocycles. The molecule has 1 heterocycles. The van der Waals surface area contributed by atoms with Crippen LogP contribution >= 0.6 is 15.9 Å². The van der Waals surface area contributed by atoms with E-state index in [0.717, 1.165) is 0 Å². The van der Waals surface area contributed by atoms with Gasteiger partial charge in [0.1, 0.15) is 11.3 Å². The predicted molar refractivity (Wildman–Crippen MR) is 135 cm³/mol. The van der Waals surface area contributed by atoms with Crippen molar-refractivity contribution in [3.05, 3.63) is 28.0 Å².